The van der Waals surface area contributed by atoms with Gasteiger partial charge in [-0.1, -0.05) is 0 Å². The summed E-state index contributed by atoms with van der Waals surface area (Å²) in [5, 5.41) is 6.46. The van der Waals surface area contributed by atoms with Crippen molar-refractivity contribution in [3.05, 3.63) is 0 Å². The van der Waals surface area contributed by atoms with Gasteiger partial charge in [0.05, 0.1) is 0 Å². The van der Waals surface area contributed by atoms with E-state index >= 15 is 0 Å². The number of nitrogens with two attached hydrogens (primary N) is 3. The molecular formula is C8H23N5. The number of hydrogen-bond acceptors (Lipinski definition) is 5. The van der Waals surface area contributed by atoms with E-state index in [1.54, 1.807) is 0 Å². The van der Waals surface area contributed by atoms with Crippen molar-refractivity contribution < 1.29 is 0 Å². The molecule has 0 amide bonds. The molecule has 0 bridgehead atoms. The van der Waals surface area contributed by atoms with Gasteiger partial charge in [-0.05, 0) is 13.0 Å². The molecule has 13 heavy (non-hydrogen) atoms. The maximum atomic E-state index is 5.64. The maximum Gasteiger partial charge on any atom is 0.0175 e. The number of hydrogen-bond donors (Lipinski definition) is 5. The van der Waals surface area contributed by atoms with E-state index in [0.29, 0.717) is 13.1 Å². The third-order valence-electron chi connectivity index (χ3n) is 1.79. The summed E-state index contributed by atoms with van der Waals surface area (Å²) >= 11 is 0. The van der Waals surface area contributed by atoms with E-state index in [0.717, 1.165) is 32.6 Å². The topological polar surface area (TPSA) is 102 Å². The van der Waals surface area contributed by atoms with E-state index in [-0.39, 0.29) is 6.04 Å². The molecule has 0 aromatic heterocycles. The molecule has 0 rings (SSSR count). The third kappa shape index (κ3) is 9.72. The first-order valence-electron chi connectivity index (χ1n) is 4.88. The summed E-state index contributed by atoms with van der Waals surface area (Å²) in [5.41, 5.74) is 16.3. The zero-order valence-electron chi connectivity index (χ0n) is 8.26. The predicted octanol–water partition coefficient (Wildman–Crippen LogP) is -2.20. The lowest BCUT2D eigenvalue weighted by Crippen LogP contribution is -2.35. The molecule has 0 aliphatic heterocycles. The van der Waals surface area contributed by atoms with Crippen LogP contribution in [0.5, 0.6) is 0 Å². The van der Waals surface area contributed by atoms with Crippen molar-refractivity contribution in [2.45, 2.75) is 12.5 Å². The minimum Gasteiger partial charge on any atom is -0.329 e. The normalized spacial score (nSPS) is 13.2. The van der Waals surface area contributed by atoms with Gasteiger partial charge in [-0.25, -0.2) is 0 Å². The van der Waals surface area contributed by atoms with Crippen molar-refractivity contribution in [3.63, 3.8) is 0 Å². The second kappa shape index (κ2) is 9.88. The largest absolute Gasteiger partial charge is 0.329 e. The summed E-state index contributed by atoms with van der Waals surface area (Å²) in [6, 6.07) is 0.129. The first-order chi connectivity index (χ1) is 6.31. The highest BCUT2D eigenvalue weighted by Crippen LogP contribution is 1.81. The van der Waals surface area contributed by atoms with Gasteiger partial charge < -0.3 is 27.8 Å². The molecule has 0 radical (unpaired) electrons. The molecule has 5 heteroatoms. The Hall–Kier alpha value is -0.200. The Balaban J connectivity index is 2.91. The summed E-state index contributed by atoms with van der Waals surface area (Å²) in [6.45, 7) is 4.98. The third-order valence-corrected chi connectivity index (χ3v) is 1.79. The van der Waals surface area contributed by atoms with Crippen LogP contribution in [0, 0.1) is 0 Å². The monoisotopic (exact) mass is 189 g/mol. The van der Waals surface area contributed by atoms with E-state index in [1.807, 2.05) is 0 Å². The first kappa shape index (κ1) is 12.8. The Kier molecular flexibility index (Phi) is 9.73. The Bertz CT molecular complexity index is 98.5. The van der Waals surface area contributed by atoms with E-state index in [1.165, 1.54) is 0 Å². The minimum absolute atomic E-state index is 0.129. The summed E-state index contributed by atoms with van der Waals surface area (Å²) < 4.78 is 0. The van der Waals surface area contributed by atoms with Crippen LogP contribution < -0.4 is 27.8 Å². The molecule has 0 saturated heterocycles. The molecule has 1 atom stereocenters. The second-order valence-corrected chi connectivity index (χ2v) is 3.07. The lowest BCUT2D eigenvalue weighted by atomic mass is 10.2. The van der Waals surface area contributed by atoms with Gasteiger partial charge >= 0.3 is 0 Å². The second-order valence-electron chi connectivity index (χ2n) is 3.07. The Labute approximate surface area is 80.4 Å². The molecule has 0 fully saturated rings. The van der Waals surface area contributed by atoms with Crippen LogP contribution in [0.4, 0.5) is 0 Å². The maximum absolute atomic E-state index is 5.64. The molecule has 5 nitrogen and oxygen atoms in total. The van der Waals surface area contributed by atoms with Crippen LogP contribution in [0.25, 0.3) is 0 Å². The minimum atomic E-state index is 0.129. The fraction of sp³-hybridized carbons (Fsp3) is 1.00. The van der Waals surface area contributed by atoms with Gasteiger partial charge in [0.15, 0.2) is 0 Å². The van der Waals surface area contributed by atoms with Gasteiger partial charge in [0, 0.05) is 38.8 Å². The molecule has 0 aliphatic rings. The van der Waals surface area contributed by atoms with Crippen LogP contribution in [0.3, 0.4) is 0 Å². The van der Waals surface area contributed by atoms with Crippen LogP contribution in [0.15, 0.2) is 0 Å². The summed E-state index contributed by atoms with van der Waals surface area (Å²) in [5.74, 6) is 0. The lowest BCUT2D eigenvalue weighted by Gasteiger charge is -2.09. The van der Waals surface area contributed by atoms with Gasteiger partial charge in [0.2, 0.25) is 0 Å². The zero-order valence-corrected chi connectivity index (χ0v) is 8.26. The first-order valence-corrected chi connectivity index (χ1v) is 4.88. The molecule has 1 unspecified atom stereocenters. The van der Waals surface area contributed by atoms with Crippen LogP contribution in [0.2, 0.25) is 0 Å². The highest BCUT2D eigenvalue weighted by atomic mass is 14.9. The van der Waals surface area contributed by atoms with Gasteiger partial charge in [-0.2, -0.15) is 0 Å². The van der Waals surface area contributed by atoms with Crippen LogP contribution in [-0.4, -0.2) is 45.3 Å². The van der Waals surface area contributed by atoms with Gasteiger partial charge in [0.25, 0.3) is 0 Å². The van der Waals surface area contributed by atoms with Crippen LogP contribution in [0.1, 0.15) is 6.42 Å². The average Bonchev–Trinajstić information content (AvgIpc) is 2.16. The molecule has 80 valence electrons. The fourth-order valence-corrected chi connectivity index (χ4v) is 0.934. The lowest BCUT2D eigenvalue weighted by molar-refractivity contribution is 0.552. The molecule has 0 aromatic carbocycles. The summed E-state index contributed by atoms with van der Waals surface area (Å²) in [7, 11) is 0. The van der Waals surface area contributed by atoms with Crippen LogP contribution in [-0.2, 0) is 0 Å². The molecule has 0 saturated carbocycles. The number of rotatable bonds is 9. The van der Waals surface area contributed by atoms with Crippen molar-refractivity contribution in [2.24, 2.45) is 17.2 Å². The van der Waals surface area contributed by atoms with Crippen LogP contribution >= 0.6 is 0 Å². The molecule has 8 N–H and O–H groups in total. The molecule has 0 aliphatic carbocycles. The molecule has 0 aromatic rings. The SMILES string of the molecule is NCCNCCNCCC(N)CN. The van der Waals surface area contributed by atoms with E-state index in [2.05, 4.69) is 10.6 Å². The average molecular weight is 189 g/mol. The molecule has 0 heterocycles. The van der Waals surface area contributed by atoms with Gasteiger partial charge in [-0.3, -0.25) is 0 Å². The van der Waals surface area contributed by atoms with Crippen molar-refractivity contribution >= 4 is 0 Å². The summed E-state index contributed by atoms with van der Waals surface area (Å²) in [6.07, 6.45) is 0.938. The van der Waals surface area contributed by atoms with Crippen molar-refractivity contribution in [2.75, 3.05) is 39.3 Å². The fourth-order valence-electron chi connectivity index (χ4n) is 0.934. The molecule has 0 spiro atoms. The molecular weight excluding hydrogens is 166 g/mol. The van der Waals surface area contributed by atoms with Crippen molar-refractivity contribution in [3.8, 4) is 0 Å². The van der Waals surface area contributed by atoms with E-state index in [4.69, 9.17) is 17.2 Å². The standard InChI is InChI=1S/C8H23N5/c9-2-4-13-6-5-12-3-1-8(11)7-10/h8,12-13H,1-7,9-11H2. The predicted molar refractivity (Wildman–Crippen MR) is 56.4 cm³/mol. The Morgan fingerprint density at radius 2 is 1.54 bits per heavy atom. The smallest absolute Gasteiger partial charge is 0.0175 e. The highest BCUT2D eigenvalue weighted by Gasteiger charge is 1.96. The Morgan fingerprint density at radius 3 is 2.08 bits per heavy atom. The number of nitrogens with one attached hydrogen (secondary N) is 2. The van der Waals surface area contributed by atoms with E-state index < -0.39 is 0 Å². The van der Waals surface area contributed by atoms with Gasteiger partial charge in [-0.15, -0.1) is 0 Å². The Morgan fingerprint density at radius 1 is 0.923 bits per heavy atom. The van der Waals surface area contributed by atoms with Crippen molar-refractivity contribution in [1.82, 2.24) is 10.6 Å². The van der Waals surface area contributed by atoms with Gasteiger partial charge in [0.1, 0.15) is 0 Å². The summed E-state index contributed by atoms with van der Waals surface area (Å²) in [4.78, 5) is 0. The quantitative estimate of drug-likeness (QED) is 0.265. The van der Waals surface area contributed by atoms with Crippen molar-refractivity contribution in [1.29, 1.82) is 0 Å². The zero-order chi connectivity index (χ0) is 9.94. The van der Waals surface area contributed by atoms with E-state index in [9.17, 15) is 0 Å². The highest BCUT2D eigenvalue weighted by molar-refractivity contribution is 4.63.